The van der Waals surface area contributed by atoms with Gasteiger partial charge in [0.1, 0.15) is 18.5 Å². The van der Waals surface area contributed by atoms with Gasteiger partial charge in [-0.3, -0.25) is 4.90 Å². The zero-order valence-electron chi connectivity index (χ0n) is 12.5. The molecule has 0 bridgehead atoms. The lowest BCUT2D eigenvalue weighted by atomic mass is 10.1. The second-order valence-electron chi connectivity index (χ2n) is 4.94. The van der Waals surface area contributed by atoms with Crippen molar-refractivity contribution in [2.45, 2.75) is 13.0 Å². The van der Waals surface area contributed by atoms with E-state index in [1.807, 2.05) is 0 Å². The minimum Gasteiger partial charge on any atom is -0.497 e. The molecule has 116 valence electrons. The molecule has 0 amide bonds. The number of likely N-dealkylation sites (N-methyl/N-ethyl adjacent to an activating group) is 1. The molecule has 1 aromatic rings. The lowest BCUT2D eigenvalue weighted by Gasteiger charge is -2.31. The van der Waals surface area contributed by atoms with Crippen molar-refractivity contribution in [2.75, 3.05) is 45.7 Å². The molecular formula is C15H22N2O4. The van der Waals surface area contributed by atoms with Crippen LogP contribution in [0.2, 0.25) is 0 Å². The van der Waals surface area contributed by atoms with Crippen LogP contribution in [-0.4, -0.2) is 56.9 Å². The van der Waals surface area contributed by atoms with Gasteiger partial charge in [0.05, 0.1) is 19.3 Å². The molecule has 1 saturated heterocycles. The molecule has 1 aromatic carbocycles. The van der Waals surface area contributed by atoms with E-state index in [9.17, 15) is 4.79 Å². The number of hydrogen-bond donors (Lipinski definition) is 1. The predicted octanol–water partition coefficient (Wildman–Crippen LogP) is 1.15. The molecule has 1 unspecified atom stereocenters. The van der Waals surface area contributed by atoms with Gasteiger partial charge in [0.25, 0.3) is 0 Å². The van der Waals surface area contributed by atoms with Crippen molar-refractivity contribution >= 4 is 11.7 Å². The Labute approximate surface area is 124 Å². The van der Waals surface area contributed by atoms with E-state index in [-0.39, 0.29) is 12.7 Å². The number of esters is 1. The highest BCUT2D eigenvalue weighted by Gasteiger charge is 2.21. The SMILES string of the molecule is CCN1CCOC(COC(=O)c2cc(OC)ccc2N)C1. The Kier molecular flexibility index (Phi) is 5.41. The minimum atomic E-state index is -0.455. The average Bonchev–Trinajstić information content (AvgIpc) is 2.53. The zero-order chi connectivity index (χ0) is 15.2. The number of morpholine rings is 1. The maximum absolute atomic E-state index is 12.1. The van der Waals surface area contributed by atoms with Crippen LogP contribution in [-0.2, 0) is 9.47 Å². The summed E-state index contributed by atoms with van der Waals surface area (Å²) in [5.74, 6) is 0.117. The summed E-state index contributed by atoms with van der Waals surface area (Å²) < 4.78 is 16.0. The number of rotatable bonds is 5. The van der Waals surface area contributed by atoms with Gasteiger partial charge < -0.3 is 19.9 Å². The highest BCUT2D eigenvalue weighted by atomic mass is 16.6. The van der Waals surface area contributed by atoms with Crippen molar-refractivity contribution in [1.29, 1.82) is 0 Å². The molecule has 1 heterocycles. The Balaban J connectivity index is 1.92. The Morgan fingerprint density at radius 1 is 1.52 bits per heavy atom. The summed E-state index contributed by atoms with van der Waals surface area (Å²) in [6, 6.07) is 4.92. The van der Waals surface area contributed by atoms with Gasteiger partial charge in [-0.1, -0.05) is 6.92 Å². The molecule has 0 aromatic heterocycles. The summed E-state index contributed by atoms with van der Waals surface area (Å²) in [6.07, 6.45) is -0.0884. The Bertz CT molecular complexity index is 493. The molecule has 1 aliphatic rings. The first kappa shape index (κ1) is 15.6. The van der Waals surface area contributed by atoms with Crippen molar-refractivity contribution in [3.63, 3.8) is 0 Å². The van der Waals surface area contributed by atoms with Crippen molar-refractivity contribution in [2.24, 2.45) is 0 Å². The normalized spacial score (nSPS) is 19.2. The van der Waals surface area contributed by atoms with Gasteiger partial charge in [0.15, 0.2) is 0 Å². The van der Waals surface area contributed by atoms with Crippen LogP contribution in [0.25, 0.3) is 0 Å². The van der Waals surface area contributed by atoms with Gasteiger partial charge in [0.2, 0.25) is 0 Å². The first-order valence-electron chi connectivity index (χ1n) is 7.08. The number of carbonyl (C=O) groups excluding carboxylic acids is 1. The lowest BCUT2D eigenvalue weighted by Crippen LogP contribution is -2.44. The van der Waals surface area contributed by atoms with Crippen LogP contribution in [0, 0.1) is 0 Å². The Morgan fingerprint density at radius 2 is 2.33 bits per heavy atom. The summed E-state index contributed by atoms with van der Waals surface area (Å²) in [5, 5.41) is 0. The van der Waals surface area contributed by atoms with E-state index in [1.54, 1.807) is 18.2 Å². The minimum absolute atomic E-state index is 0.0884. The monoisotopic (exact) mass is 294 g/mol. The van der Waals surface area contributed by atoms with E-state index in [1.165, 1.54) is 7.11 Å². The Hall–Kier alpha value is -1.79. The summed E-state index contributed by atoms with van der Waals surface area (Å²) >= 11 is 0. The van der Waals surface area contributed by atoms with Crippen molar-refractivity contribution in [1.82, 2.24) is 4.90 Å². The number of carbonyl (C=O) groups is 1. The van der Waals surface area contributed by atoms with Crippen LogP contribution in [0.3, 0.4) is 0 Å². The topological polar surface area (TPSA) is 74.0 Å². The van der Waals surface area contributed by atoms with Gasteiger partial charge in [-0.05, 0) is 24.7 Å². The van der Waals surface area contributed by atoms with Crippen molar-refractivity contribution in [3.05, 3.63) is 23.8 Å². The second-order valence-corrected chi connectivity index (χ2v) is 4.94. The van der Waals surface area contributed by atoms with E-state index in [0.717, 1.165) is 19.6 Å². The molecule has 1 aliphatic heterocycles. The molecule has 1 fully saturated rings. The van der Waals surface area contributed by atoms with Gasteiger partial charge >= 0.3 is 5.97 Å². The highest BCUT2D eigenvalue weighted by Crippen LogP contribution is 2.20. The largest absolute Gasteiger partial charge is 0.497 e. The number of nitrogen functional groups attached to an aromatic ring is 1. The average molecular weight is 294 g/mol. The van der Waals surface area contributed by atoms with Crippen LogP contribution >= 0.6 is 0 Å². The summed E-state index contributed by atoms with van der Waals surface area (Å²) in [7, 11) is 1.54. The molecule has 0 radical (unpaired) electrons. The van der Waals surface area contributed by atoms with Gasteiger partial charge in [-0.2, -0.15) is 0 Å². The molecule has 1 atom stereocenters. The maximum atomic E-state index is 12.1. The van der Waals surface area contributed by atoms with Crippen LogP contribution in [0.5, 0.6) is 5.75 Å². The third kappa shape index (κ3) is 4.09. The van der Waals surface area contributed by atoms with E-state index in [0.29, 0.717) is 23.6 Å². The van der Waals surface area contributed by atoms with Crippen LogP contribution < -0.4 is 10.5 Å². The number of anilines is 1. The number of nitrogens with two attached hydrogens (primary N) is 1. The van der Waals surface area contributed by atoms with E-state index in [2.05, 4.69) is 11.8 Å². The predicted molar refractivity (Wildman–Crippen MR) is 79.5 cm³/mol. The van der Waals surface area contributed by atoms with E-state index >= 15 is 0 Å². The van der Waals surface area contributed by atoms with Gasteiger partial charge in [-0.25, -0.2) is 4.79 Å². The number of ether oxygens (including phenoxy) is 3. The van der Waals surface area contributed by atoms with Crippen molar-refractivity contribution in [3.8, 4) is 5.75 Å². The van der Waals surface area contributed by atoms with Crippen molar-refractivity contribution < 1.29 is 19.0 Å². The van der Waals surface area contributed by atoms with Crippen LogP contribution in [0.4, 0.5) is 5.69 Å². The molecule has 6 nitrogen and oxygen atoms in total. The third-order valence-electron chi connectivity index (χ3n) is 3.55. The fraction of sp³-hybridized carbons (Fsp3) is 0.533. The number of methoxy groups -OCH3 is 1. The maximum Gasteiger partial charge on any atom is 0.340 e. The number of benzene rings is 1. The molecule has 0 saturated carbocycles. The third-order valence-corrected chi connectivity index (χ3v) is 3.55. The fourth-order valence-corrected chi connectivity index (χ4v) is 2.25. The Morgan fingerprint density at radius 3 is 3.05 bits per heavy atom. The number of hydrogen-bond acceptors (Lipinski definition) is 6. The molecule has 2 rings (SSSR count). The van der Waals surface area contributed by atoms with Gasteiger partial charge in [-0.15, -0.1) is 0 Å². The fourth-order valence-electron chi connectivity index (χ4n) is 2.25. The quantitative estimate of drug-likeness (QED) is 0.649. The molecule has 0 spiro atoms. The number of nitrogens with zero attached hydrogens (tertiary/aromatic N) is 1. The first-order valence-corrected chi connectivity index (χ1v) is 7.08. The molecular weight excluding hydrogens is 272 g/mol. The standard InChI is InChI=1S/C15H22N2O4/c1-3-17-6-7-20-12(9-17)10-21-15(18)13-8-11(19-2)4-5-14(13)16/h4-5,8,12H,3,6-7,9-10,16H2,1-2H3. The summed E-state index contributed by atoms with van der Waals surface area (Å²) in [6.45, 7) is 5.66. The first-order chi connectivity index (χ1) is 10.1. The van der Waals surface area contributed by atoms with E-state index < -0.39 is 5.97 Å². The van der Waals surface area contributed by atoms with Crippen LogP contribution in [0.15, 0.2) is 18.2 Å². The molecule has 6 heteroatoms. The highest BCUT2D eigenvalue weighted by molar-refractivity contribution is 5.95. The molecule has 2 N–H and O–H groups in total. The smallest absolute Gasteiger partial charge is 0.340 e. The summed E-state index contributed by atoms with van der Waals surface area (Å²) in [5.41, 5.74) is 6.49. The van der Waals surface area contributed by atoms with E-state index in [4.69, 9.17) is 19.9 Å². The van der Waals surface area contributed by atoms with Gasteiger partial charge in [0, 0.05) is 18.8 Å². The molecule has 21 heavy (non-hydrogen) atoms. The molecule has 0 aliphatic carbocycles. The second kappa shape index (κ2) is 7.28. The zero-order valence-corrected chi connectivity index (χ0v) is 12.5. The lowest BCUT2D eigenvalue weighted by molar-refractivity contribution is -0.0578. The van der Waals surface area contributed by atoms with Crippen LogP contribution in [0.1, 0.15) is 17.3 Å². The summed E-state index contributed by atoms with van der Waals surface area (Å²) in [4.78, 5) is 14.4.